The standard InChI is InChI=1S/C7HF5O3.C2H6/c8-1-2(9)4(11)6(15-7(13)14)5(12)3(1)10;1-2/h(H,13,14);1-2H3. The number of halogens is 5. The van der Waals surface area contributed by atoms with Gasteiger partial charge in [0.05, 0.1) is 0 Å². The highest BCUT2D eigenvalue weighted by Gasteiger charge is 2.28. The molecule has 0 fully saturated rings. The van der Waals surface area contributed by atoms with Gasteiger partial charge in [-0.1, -0.05) is 13.8 Å². The zero-order valence-electron chi connectivity index (χ0n) is 8.65. The van der Waals surface area contributed by atoms with Crippen molar-refractivity contribution in [1.82, 2.24) is 0 Å². The third-order valence-corrected chi connectivity index (χ3v) is 1.36. The van der Waals surface area contributed by atoms with Crippen LogP contribution in [-0.2, 0) is 0 Å². The molecule has 96 valence electrons. The summed E-state index contributed by atoms with van der Waals surface area (Å²) in [6.45, 7) is 4.00. The Morgan fingerprint density at radius 2 is 1.18 bits per heavy atom. The Morgan fingerprint density at radius 3 is 1.47 bits per heavy atom. The third-order valence-electron chi connectivity index (χ3n) is 1.36. The van der Waals surface area contributed by atoms with E-state index in [1.54, 1.807) is 0 Å². The van der Waals surface area contributed by atoms with E-state index in [9.17, 15) is 26.7 Å². The fourth-order valence-corrected chi connectivity index (χ4v) is 0.762. The smallest absolute Gasteiger partial charge is 0.449 e. The van der Waals surface area contributed by atoms with Gasteiger partial charge in [-0.25, -0.2) is 18.0 Å². The van der Waals surface area contributed by atoms with Crippen molar-refractivity contribution in [3.63, 3.8) is 0 Å². The zero-order chi connectivity index (χ0) is 13.7. The van der Waals surface area contributed by atoms with E-state index in [2.05, 4.69) is 4.74 Å². The normalized spacial score (nSPS) is 9.35. The van der Waals surface area contributed by atoms with Crippen molar-refractivity contribution in [3.8, 4) is 5.75 Å². The van der Waals surface area contributed by atoms with Gasteiger partial charge >= 0.3 is 6.16 Å². The summed E-state index contributed by atoms with van der Waals surface area (Å²) in [5.41, 5.74) is 0. The third kappa shape index (κ3) is 3.05. The summed E-state index contributed by atoms with van der Waals surface area (Å²) in [4.78, 5) is 9.89. The average molecular weight is 258 g/mol. The monoisotopic (exact) mass is 258 g/mol. The van der Waals surface area contributed by atoms with Crippen LogP contribution in [0.25, 0.3) is 0 Å². The molecule has 0 amide bonds. The minimum atomic E-state index is -2.39. The molecule has 0 spiro atoms. The molecule has 0 aliphatic carbocycles. The molecule has 0 saturated carbocycles. The summed E-state index contributed by atoms with van der Waals surface area (Å²) >= 11 is 0. The van der Waals surface area contributed by atoms with Gasteiger partial charge in [0, 0.05) is 0 Å². The predicted molar refractivity (Wildman–Crippen MR) is 46.2 cm³/mol. The number of rotatable bonds is 1. The molecule has 0 aliphatic rings. The quantitative estimate of drug-likeness (QED) is 0.276. The van der Waals surface area contributed by atoms with Crippen molar-refractivity contribution < 1.29 is 36.6 Å². The summed E-state index contributed by atoms with van der Waals surface area (Å²) in [5.74, 6) is -13.5. The first-order valence-corrected chi connectivity index (χ1v) is 4.28. The summed E-state index contributed by atoms with van der Waals surface area (Å²) in [6, 6.07) is 0. The number of carbonyl (C=O) groups is 1. The lowest BCUT2D eigenvalue weighted by Crippen LogP contribution is -2.10. The van der Waals surface area contributed by atoms with Crippen LogP contribution in [0.3, 0.4) is 0 Å². The van der Waals surface area contributed by atoms with E-state index < -0.39 is 41.0 Å². The van der Waals surface area contributed by atoms with Gasteiger partial charge in [-0.15, -0.1) is 0 Å². The van der Waals surface area contributed by atoms with Crippen LogP contribution < -0.4 is 4.74 Å². The summed E-state index contributed by atoms with van der Waals surface area (Å²) < 4.78 is 66.0. The molecule has 0 radical (unpaired) electrons. The van der Waals surface area contributed by atoms with Crippen LogP contribution in [0.4, 0.5) is 26.7 Å². The fraction of sp³-hybridized carbons (Fsp3) is 0.222. The summed E-state index contributed by atoms with van der Waals surface area (Å²) in [5, 5.41) is 7.97. The maximum Gasteiger partial charge on any atom is 0.511 e. The van der Waals surface area contributed by atoms with Gasteiger partial charge in [0.15, 0.2) is 0 Å². The zero-order valence-corrected chi connectivity index (χ0v) is 8.65. The van der Waals surface area contributed by atoms with Crippen LogP contribution in [0.1, 0.15) is 13.8 Å². The molecular formula is C9H7F5O3. The lowest BCUT2D eigenvalue weighted by molar-refractivity contribution is 0.138. The Kier molecular flexibility index (Phi) is 5.36. The van der Waals surface area contributed by atoms with Gasteiger partial charge in [0.1, 0.15) is 0 Å². The highest BCUT2D eigenvalue weighted by Crippen LogP contribution is 2.28. The van der Waals surface area contributed by atoms with Crippen molar-refractivity contribution in [3.05, 3.63) is 29.1 Å². The van der Waals surface area contributed by atoms with Crippen LogP contribution in [0.2, 0.25) is 0 Å². The van der Waals surface area contributed by atoms with Crippen molar-refractivity contribution in [1.29, 1.82) is 0 Å². The second-order valence-corrected chi connectivity index (χ2v) is 2.27. The maximum absolute atomic E-state index is 12.7. The van der Waals surface area contributed by atoms with Gasteiger partial charge in [0.25, 0.3) is 0 Å². The van der Waals surface area contributed by atoms with Crippen molar-refractivity contribution >= 4 is 6.16 Å². The number of carboxylic acid groups (broad SMARTS) is 1. The van der Waals surface area contributed by atoms with Gasteiger partial charge < -0.3 is 9.84 Å². The largest absolute Gasteiger partial charge is 0.511 e. The molecule has 0 bridgehead atoms. The minimum Gasteiger partial charge on any atom is -0.449 e. The Bertz CT molecular complexity index is 404. The molecule has 1 rings (SSSR count). The molecule has 0 unspecified atom stereocenters. The van der Waals surface area contributed by atoms with E-state index >= 15 is 0 Å². The lowest BCUT2D eigenvalue weighted by atomic mass is 10.3. The van der Waals surface area contributed by atoms with E-state index in [0.717, 1.165) is 0 Å². The van der Waals surface area contributed by atoms with E-state index in [-0.39, 0.29) is 0 Å². The molecule has 0 aliphatic heterocycles. The molecule has 1 N–H and O–H groups in total. The van der Waals surface area contributed by atoms with Crippen LogP contribution in [0, 0.1) is 29.1 Å². The van der Waals surface area contributed by atoms with E-state index in [1.807, 2.05) is 13.8 Å². The van der Waals surface area contributed by atoms with Crippen LogP contribution in [0.15, 0.2) is 0 Å². The Hall–Kier alpha value is -1.86. The average Bonchev–Trinajstić information content (AvgIpc) is 2.32. The fourth-order valence-electron chi connectivity index (χ4n) is 0.762. The van der Waals surface area contributed by atoms with E-state index in [4.69, 9.17) is 5.11 Å². The van der Waals surface area contributed by atoms with Crippen molar-refractivity contribution in [2.45, 2.75) is 13.8 Å². The first-order valence-electron chi connectivity index (χ1n) is 4.28. The van der Waals surface area contributed by atoms with Gasteiger partial charge in [-0.2, -0.15) is 8.78 Å². The summed E-state index contributed by atoms with van der Waals surface area (Å²) in [7, 11) is 0. The van der Waals surface area contributed by atoms with Gasteiger partial charge in [0.2, 0.25) is 34.8 Å². The second-order valence-electron chi connectivity index (χ2n) is 2.27. The number of benzene rings is 1. The first kappa shape index (κ1) is 15.1. The van der Waals surface area contributed by atoms with Crippen molar-refractivity contribution in [2.75, 3.05) is 0 Å². The molecule has 1 aromatic rings. The van der Waals surface area contributed by atoms with Gasteiger partial charge in [-0.05, 0) is 0 Å². The van der Waals surface area contributed by atoms with E-state index in [0.29, 0.717) is 0 Å². The predicted octanol–water partition coefficient (Wildman–Crippen LogP) is 3.47. The molecule has 0 heterocycles. The Morgan fingerprint density at radius 1 is 0.882 bits per heavy atom. The Balaban J connectivity index is 0.00000121. The van der Waals surface area contributed by atoms with Crippen LogP contribution in [-0.4, -0.2) is 11.3 Å². The first-order chi connectivity index (χ1) is 7.86. The summed E-state index contributed by atoms with van der Waals surface area (Å²) in [6.07, 6.45) is -2.20. The minimum absolute atomic E-state index is 1.85. The van der Waals surface area contributed by atoms with Gasteiger partial charge in [-0.3, -0.25) is 0 Å². The molecule has 0 saturated heterocycles. The molecule has 8 heteroatoms. The number of ether oxygens (including phenoxy) is 1. The second kappa shape index (κ2) is 6.02. The highest BCUT2D eigenvalue weighted by atomic mass is 19.2. The lowest BCUT2D eigenvalue weighted by Gasteiger charge is -2.05. The molecule has 3 nitrogen and oxygen atoms in total. The maximum atomic E-state index is 12.7. The van der Waals surface area contributed by atoms with Crippen LogP contribution >= 0.6 is 0 Å². The molecular weight excluding hydrogens is 251 g/mol. The highest BCUT2D eigenvalue weighted by molar-refractivity contribution is 5.61. The van der Waals surface area contributed by atoms with Crippen LogP contribution in [0.5, 0.6) is 5.75 Å². The topological polar surface area (TPSA) is 46.5 Å². The number of hydrogen-bond donors (Lipinski definition) is 1. The van der Waals surface area contributed by atoms with E-state index in [1.165, 1.54) is 0 Å². The number of hydrogen-bond acceptors (Lipinski definition) is 2. The molecule has 0 atom stereocenters. The molecule has 0 aromatic heterocycles. The van der Waals surface area contributed by atoms with Crippen molar-refractivity contribution in [2.24, 2.45) is 0 Å². The molecule has 17 heavy (non-hydrogen) atoms. The Labute approximate surface area is 92.4 Å². The molecule has 1 aromatic carbocycles. The SMILES string of the molecule is CC.O=C(O)Oc1c(F)c(F)c(F)c(F)c1F.